The van der Waals surface area contributed by atoms with Crippen molar-refractivity contribution in [2.45, 2.75) is 19.9 Å². The Kier molecular flexibility index (Phi) is 2.59. The Bertz CT molecular complexity index is 385. The highest BCUT2D eigenvalue weighted by atomic mass is 79.9. The maximum atomic E-state index is 4.47. The summed E-state index contributed by atoms with van der Waals surface area (Å²) in [5, 5.41) is 3.37. The molecule has 0 spiro atoms. The molecule has 1 unspecified atom stereocenters. The van der Waals surface area contributed by atoms with Gasteiger partial charge in [0.05, 0.1) is 6.54 Å². The van der Waals surface area contributed by atoms with Crippen LogP contribution in [0.1, 0.15) is 18.1 Å². The van der Waals surface area contributed by atoms with Crippen LogP contribution < -0.4 is 5.32 Å². The maximum absolute atomic E-state index is 4.47. The van der Waals surface area contributed by atoms with Gasteiger partial charge in [0.1, 0.15) is 5.84 Å². The Labute approximate surface area is 92.6 Å². The third kappa shape index (κ3) is 1.82. The summed E-state index contributed by atoms with van der Waals surface area (Å²) >= 11 is 3.46. The van der Waals surface area contributed by atoms with Crippen LogP contribution in [0.3, 0.4) is 0 Å². The number of halogens is 1. The summed E-state index contributed by atoms with van der Waals surface area (Å²) in [6.07, 6.45) is 0. The van der Waals surface area contributed by atoms with Crippen molar-refractivity contribution >= 4 is 21.8 Å². The molecule has 1 aliphatic rings. The van der Waals surface area contributed by atoms with Crippen molar-refractivity contribution in [1.82, 2.24) is 5.32 Å². The van der Waals surface area contributed by atoms with E-state index in [2.05, 4.69) is 58.3 Å². The molecular weight excluding hydrogens is 240 g/mol. The molecular formula is C11H13BrN2. The fourth-order valence-corrected chi connectivity index (χ4v) is 2.08. The van der Waals surface area contributed by atoms with Gasteiger partial charge >= 0.3 is 0 Å². The van der Waals surface area contributed by atoms with Crippen molar-refractivity contribution in [2.75, 3.05) is 6.54 Å². The molecule has 1 atom stereocenters. The van der Waals surface area contributed by atoms with Crippen LogP contribution in [0, 0.1) is 6.92 Å². The minimum Gasteiger partial charge on any atom is -0.366 e. The van der Waals surface area contributed by atoms with Gasteiger partial charge in [0.25, 0.3) is 0 Å². The molecule has 0 saturated heterocycles. The predicted molar refractivity (Wildman–Crippen MR) is 62.9 cm³/mol. The largest absolute Gasteiger partial charge is 0.366 e. The van der Waals surface area contributed by atoms with Crippen molar-refractivity contribution in [3.63, 3.8) is 0 Å². The molecule has 1 heterocycles. The van der Waals surface area contributed by atoms with Crippen LogP contribution in [0.5, 0.6) is 0 Å². The van der Waals surface area contributed by atoms with Gasteiger partial charge in [-0.3, -0.25) is 4.99 Å². The fourth-order valence-electron chi connectivity index (χ4n) is 1.61. The van der Waals surface area contributed by atoms with E-state index in [-0.39, 0.29) is 0 Å². The standard InChI is InChI=1S/C11H13BrN2/c1-7-5-9(12)3-4-10(7)11-13-6-8(2)14-11/h3-5,8H,6H2,1-2H3,(H,13,14). The lowest BCUT2D eigenvalue weighted by Crippen LogP contribution is -2.28. The Morgan fingerprint density at radius 1 is 1.50 bits per heavy atom. The van der Waals surface area contributed by atoms with Crippen LogP contribution >= 0.6 is 15.9 Å². The smallest absolute Gasteiger partial charge is 0.128 e. The number of nitrogens with zero attached hydrogens (tertiary/aromatic N) is 1. The first-order chi connectivity index (χ1) is 6.66. The van der Waals surface area contributed by atoms with E-state index in [1.54, 1.807) is 0 Å². The number of benzene rings is 1. The van der Waals surface area contributed by atoms with Gasteiger partial charge in [-0.15, -0.1) is 0 Å². The number of aliphatic imine (C=N–C) groups is 1. The molecule has 0 fully saturated rings. The number of hydrogen-bond donors (Lipinski definition) is 1. The van der Waals surface area contributed by atoms with Gasteiger partial charge in [-0.05, 0) is 37.6 Å². The van der Waals surface area contributed by atoms with E-state index in [0.29, 0.717) is 6.04 Å². The molecule has 1 aliphatic heterocycles. The summed E-state index contributed by atoms with van der Waals surface area (Å²) in [5.74, 6) is 1.03. The first-order valence-electron chi connectivity index (χ1n) is 4.74. The van der Waals surface area contributed by atoms with Crippen LogP contribution in [0.4, 0.5) is 0 Å². The molecule has 0 bridgehead atoms. The predicted octanol–water partition coefficient (Wildman–Crippen LogP) is 2.50. The molecule has 14 heavy (non-hydrogen) atoms. The van der Waals surface area contributed by atoms with Gasteiger partial charge < -0.3 is 5.32 Å². The Hall–Kier alpha value is -0.830. The summed E-state index contributed by atoms with van der Waals surface area (Å²) in [6.45, 7) is 5.13. The Morgan fingerprint density at radius 2 is 2.29 bits per heavy atom. The maximum Gasteiger partial charge on any atom is 0.128 e. The molecule has 0 saturated carbocycles. The van der Waals surface area contributed by atoms with E-state index >= 15 is 0 Å². The highest BCUT2D eigenvalue weighted by Crippen LogP contribution is 2.17. The van der Waals surface area contributed by atoms with Crippen molar-refractivity contribution < 1.29 is 0 Å². The summed E-state index contributed by atoms with van der Waals surface area (Å²) in [7, 11) is 0. The lowest BCUT2D eigenvalue weighted by atomic mass is 10.1. The SMILES string of the molecule is Cc1cc(Br)ccc1C1=NCC(C)N1. The normalized spacial score (nSPS) is 20.5. The van der Waals surface area contributed by atoms with E-state index in [4.69, 9.17) is 0 Å². The van der Waals surface area contributed by atoms with Gasteiger partial charge in [0, 0.05) is 16.1 Å². The number of rotatable bonds is 1. The zero-order chi connectivity index (χ0) is 10.1. The zero-order valence-corrected chi connectivity index (χ0v) is 9.93. The third-order valence-electron chi connectivity index (χ3n) is 2.35. The third-order valence-corrected chi connectivity index (χ3v) is 2.84. The van der Waals surface area contributed by atoms with Crippen LogP contribution in [0.15, 0.2) is 27.7 Å². The van der Waals surface area contributed by atoms with Crippen molar-refractivity contribution in [3.8, 4) is 0 Å². The Balaban J connectivity index is 2.33. The number of hydrogen-bond acceptors (Lipinski definition) is 2. The van der Waals surface area contributed by atoms with Crippen LogP contribution in [0.2, 0.25) is 0 Å². The molecule has 2 nitrogen and oxygen atoms in total. The van der Waals surface area contributed by atoms with Crippen molar-refractivity contribution in [1.29, 1.82) is 0 Å². The second kappa shape index (κ2) is 3.73. The molecule has 0 radical (unpaired) electrons. The van der Waals surface area contributed by atoms with Gasteiger partial charge in [-0.2, -0.15) is 0 Å². The van der Waals surface area contributed by atoms with E-state index in [1.807, 2.05) is 0 Å². The van der Waals surface area contributed by atoms with Gasteiger partial charge in [0.2, 0.25) is 0 Å². The molecule has 1 N–H and O–H groups in total. The van der Waals surface area contributed by atoms with E-state index in [0.717, 1.165) is 16.9 Å². The number of nitrogens with one attached hydrogen (secondary N) is 1. The first-order valence-corrected chi connectivity index (χ1v) is 5.53. The highest BCUT2D eigenvalue weighted by Gasteiger charge is 2.15. The molecule has 2 rings (SSSR count). The molecule has 0 amide bonds. The molecule has 0 aliphatic carbocycles. The quantitative estimate of drug-likeness (QED) is 0.817. The molecule has 1 aromatic rings. The van der Waals surface area contributed by atoms with Gasteiger partial charge in [0.15, 0.2) is 0 Å². The number of aryl methyl sites for hydroxylation is 1. The van der Waals surface area contributed by atoms with Gasteiger partial charge in [-0.1, -0.05) is 15.9 Å². The zero-order valence-electron chi connectivity index (χ0n) is 8.34. The van der Waals surface area contributed by atoms with Crippen molar-refractivity contribution in [2.24, 2.45) is 4.99 Å². The van der Waals surface area contributed by atoms with Crippen LogP contribution in [-0.2, 0) is 0 Å². The van der Waals surface area contributed by atoms with Crippen LogP contribution in [0.25, 0.3) is 0 Å². The Morgan fingerprint density at radius 3 is 2.86 bits per heavy atom. The fraction of sp³-hybridized carbons (Fsp3) is 0.364. The summed E-state index contributed by atoms with van der Waals surface area (Å²) in [6, 6.07) is 6.73. The second-order valence-corrected chi connectivity index (χ2v) is 4.61. The average Bonchev–Trinajstić information content (AvgIpc) is 2.51. The monoisotopic (exact) mass is 252 g/mol. The summed E-state index contributed by atoms with van der Waals surface area (Å²) in [4.78, 5) is 4.47. The molecule has 1 aromatic carbocycles. The topological polar surface area (TPSA) is 24.4 Å². The van der Waals surface area contributed by atoms with Crippen molar-refractivity contribution in [3.05, 3.63) is 33.8 Å². The molecule has 0 aromatic heterocycles. The lowest BCUT2D eigenvalue weighted by molar-refractivity contribution is 0.726. The van der Waals surface area contributed by atoms with Gasteiger partial charge in [-0.25, -0.2) is 0 Å². The van der Waals surface area contributed by atoms with E-state index in [1.165, 1.54) is 11.1 Å². The minimum atomic E-state index is 0.466. The summed E-state index contributed by atoms with van der Waals surface area (Å²) in [5.41, 5.74) is 2.46. The van der Waals surface area contributed by atoms with Crippen LogP contribution in [-0.4, -0.2) is 18.4 Å². The average molecular weight is 253 g/mol. The molecule has 74 valence electrons. The first kappa shape index (κ1) is 9.71. The minimum absolute atomic E-state index is 0.466. The van der Waals surface area contributed by atoms with E-state index < -0.39 is 0 Å². The second-order valence-electron chi connectivity index (χ2n) is 3.69. The summed E-state index contributed by atoms with van der Waals surface area (Å²) < 4.78 is 1.12. The highest BCUT2D eigenvalue weighted by molar-refractivity contribution is 9.10. The van der Waals surface area contributed by atoms with E-state index in [9.17, 15) is 0 Å². The number of amidine groups is 1. The molecule has 3 heteroatoms. The lowest BCUT2D eigenvalue weighted by Gasteiger charge is -2.08.